The molecule has 0 spiro atoms. The van der Waals surface area contributed by atoms with E-state index in [1.54, 1.807) is 48.7 Å². The van der Waals surface area contributed by atoms with Crippen LogP contribution in [0.4, 0.5) is 11.4 Å². The Morgan fingerprint density at radius 2 is 1.78 bits per heavy atom. The highest BCUT2D eigenvalue weighted by atomic mass is 32.2. The smallest absolute Gasteiger partial charge is 0.335 e. The summed E-state index contributed by atoms with van der Waals surface area (Å²) in [4.78, 5) is 18.0. The summed E-state index contributed by atoms with van der Waals surface area (Å²) in [6.45, 7) is 4.01. The summed E-state index contributed by atoms with van der Waals surface area (Å²) in [7, 11) is -2.04. The van der Waals surface area contributed by atoms with Crippen LogP contribution < -0.4 is 19.7 Å². The van der Waals surface area contributed by atoms with Gasteiger partial charge < -0.3 is 24.6 Å². The molecule has 3 N–H and O–H groups in total. The molecule has 0 amide bonds. The van der Waals surface area contributed by atoms with Crippen molar-refractivity contribution in [2.75, 3.05) is 23.0 Å². The van der Waals surface area contributed by atoms with Gasteiger partial charge in [0.05, 0.1) is 42.4 Å². The molecule has 2 aromatic carbocycles. The number of benzene rings is 2. The fourth-order valence-electron chi connectivity index (χ4n) is 5.30. The minimum absolute atomic E-state index is 0.214. The van der Waals surface area contributed by atoms with Crippen LogP contribution >= 0.6 is 12.2 Å². The Morgan fingerprint density at radius 3 is 2.39 bits per heavy atom. The number of nitrogens with one attached hydrogen (secondary N) is 2. The number of carboxylic acid groups (broad SMARTS) is 1. The maximum absolute atomic E-state index is 11.9. The topological polar surface area (TPSA) is 126 Å². The van der Waals surface area contributed by atoms with Gasteiger partial charge in [0.25, 0.3) is 0 Å². The van der Waals surface area contributed by atoms with Gasteiger partial charge in [-0.2, -0.15) is 0 Å². The number of aromatic nitrogens is 2. The van der Waals surface area contributed by atoms with Crippen LogP contribution in [0.15, 0.2) is 72.9 Å². The standard InChI is InChI=1S/C29H29N5O5S2/c1-17-15-22(18(2)33(17)20-10-8-19(9-11-20)28(35)36)27-26(24-7-5-6-14-30-24)31-29(40)34(27)21-12-13-23(25(16-21)39-3)32-41(4,37)38/h5-16,26-27,32H,1-4H3,(H,31,40)(H,35,36)/t26-,27+/m1/s1. The molecule has 1 aliphatic heterocycles. The molecule has 0 bridgehead atoms. The number of carbonyl (C=O) groups is 1. The Kier molecular flexibility index (Phi) is 7.45. The SMILES string of the molecule is COc1cc(N2C(=S)N[C@H](c3ccccn3)[C@@H]2c2cc(C)n(-c3ccc(C(=O)O)cc3)c2C)ccc1NS(C)(=O)=O. The van der Waals surface area contributed by atoms with Crippen LogP contribution in [0.1, 0.15) is 45.1 Å². The van der Waals surface area contributed by atoms with E-state index in [4.69, 9.17) is 17.0 Å². The second-order valence-corrected chi connectivity index (χ2v) is 11.9. The molecule has 5 rings (SSSR count). The molecular formula is C29H29N5O5S2. The van der Waals surface area contributed by atoms with Crippen molar-refractivity contribution in [2.24, 2.45) is 0 Å². The van der Waals surface area contributed by atoms with Crippen molar-refractivity contribution in [3.05, 3.63) is 101 Å². The number of nitrogens with zero attached hydrogens (tertiary/aromatic N) is 3. The molecule has 1 fully saturated rings. The molecule has 12 heteroatoms. The molecule has 0 unspecified atom stereocenters. The number of carboxylic acids is 1. The van der Waals surface area contributed by atoms with Gasteiger partial charge in [-0.25, -0.2) is 13.2 Å². The highest BCUT2D eigenvalue weighted by Gasteiger charge is 2.42. The van der Waals surface area contributed by atoms with E-state index in [1.807, 2.05) is 36.9 Å². The quantitative estimate of drug-likeness (QED) is 0.249. The second-order valence-electron chi connectivity index (χ2n) is 9.77. The first-order chi connectivity index (χ1) is 19.5. The van der Waals surface area contributed by atoms with Crippen LogP contribution in [-0.4, -0.2) is 47.5 Å². The van der Waals surface area contributed by atoms with E-state index in [2.05, 4.69) is 25.7 Å². The summed E-state index contributed by atoms with van der Waals surface area (Å²) in [5, 5.41) is 13.3. The van der Waals surface area contributed by atoms with Crippen LogP contribution in [0.3, 0.4) is 0 Å². The van der Waals surface area contributed by atoms with E-state index in [9.17, 15) is 18.3 Å². The molecule has 10 nitrogen and oxygen atoms in total. The molecule has 2 aromatic heterocycles. The van der Waals surface area contributed by atoms with Gasteiger partial charge >= 0.3 is 5.97 Å². The molecule has 1 saturated heterocycles. The summed E-state index contributed by atoms with van der Waals surface area (Å²) in [6.07, 6.45) is 2.82. The average molecular weight is 592 g/mol. The van der Waals surface area contributed by atoms with E-state index in [1.165, 1.54) is 7.11 Å². The van der Waals surface area contributed by atoms with Crippen molar-refractivity contribution in [3.8, 4) is 11.4 Å². The normalized spacial score (nSPS) is 16.9. The van der Waals surface area contributed by atoms with E-state index < -0.39 is 16.0 Å². The molecule has 1 aliphatic rings. The van der Waals surface area contributed by atoms with E-state index in [-0.39, 0.29) is 17.6 Å². The lowest BCUT2D eigenvalue weighted by Gasteiger charge is -2.29. The molecule has 4 aromatic rings. The van der Waals surface area contributed by atoms with Crippen molar-refractivity contribution in [1.82, 2.24) is 14.9 Å². The van der Waals surface area contributed by atoms with Gasteiger partial charge in [0.2, 0.25) is 10.0 Å². The summed E-state index contributed by atoms with van der Waals surface area (Å²) in [6, 6.07) is 19.1. The zero-order valence-electron chi connectivity index (χ0n) is 22.8. The van der Waals surface area contributed by atoms with E-state index in [0.29, 0.717) is 22.2 Å². The predicted molar refractivity (Wildman–Crippen MR) is 162 cm³/mol. The van der Waals surface area contributed by atoms with Crippen molar-refractivity contribution < 1.29 is 23.1 Å². The Bertz CT molecular complexity index is 1740. The minimum atomic E-state index is -3.52. The molecule has 0 radical (unpaired) electrons. The number of pyridine rings is 1. The molecular weight excluding hydrogens is 562 g/mol. The molecule has 0 aliphatic carbocycles. The summed E-state index contributed by atoms with van der Waals surface area (Å²) >= 11 is 5.86. The van der Waals surface area contributed by atoms with Crippen molar-refractivity contribution in [1.29, 1.82) is 0 Å². The third-order valence-electron chi connectivity index (χ3n) is 7.02. The monoisotopic (exact) mass is 591 g/mol. The summed E-state index contributed by atoms with van der Waals surface area (Å²) in [5.41, 5.74) is 5.79. The van der Waals surface area contributed by atoms with Crippen LogP contribution in [0.5, 0.6) is 5.75 Å². The first-order valence-electron chi connectivity index (χ1n) is 12.7. The highest BCUT2D eigenvalue weighted by molar-refractivity contribution is 7.92. The largest absolute Gasteiger partial charge is 0.494 e. The Morgan fingerprint density at radius 1 is 1.07 bits per heavy atom. The van der Waals surface area contributed by atoms with Gasteiger partial charge in [-0.1, -0.05) is 6.07 Å². The number of thiocarbonyl (C=S) groups is 1. The number of anilines is 2. The van der Waals surface area contributed by atoms with Gasteiger partial charge in [-0.15, -0.1) is 0 Å². The predicted octanol–water partition coefficient (Wildman–Crippen LogP) is 4.74. The number of sulfonamides is 1. The first-order valence-corrected chi connectivity index (χ1v) is 15.0. The third kappa shape index (κ3) is 5.48. The number of hydrogen-bond acceptors (Lipinski definition) is 6. The second kappa shape index (κ2) is 10.9. The zero-order valence-corrected chi connectivity index (χ0v) is 24.5. The summed E-state index contributed by atoms with van der Waals surface area (Å²) < 4.78 is 33.9. The minimum Gasteiger partial charge on any atom is -0.494 e. The number of methoxy groups -OCH3 is 1. The first kappa shape index (κ1) is 28.1. The molecule has 2 atom stereocenters. The number of ether oxygens (including phenoxy) is 1. The average Bonchev–Trinajstić information content (AvgIpc) is 3.43. The zero-order chi connectivity index (χ0) is 29.5. The number of rotatable bonds is 8. The Balaban J connectivity index is 1.65. The van der Waals surface area contributed by atoms with Gasteiger partial charge in [0.1, 0.15) is 5.75 Å². The number of hydrogen-bond donors (Lipinski definition) is 3. The fourth-order valence-corrected chi connectivity index (χ4v) is 6.21. The molecule has 212 valence electrons. The van der Waals surface area contributed by atoms with E-state index in [0.717, 1.165) is 34.6 Å². The summed E-state index contributed by atoms with van der Waals surface area (Å²) in [5.74, 6) is -0.634. The highest BCUT2D eigenvalue weighted by Crippen LogP contribution is 2.45. The lowest BCUT2D eigenvalue weighted by molar-refractivity contribution is 0.0697. The van der Waals surface area contributed by atoms with Crippen LogP contribution in [-0.2, 0) is 10.0 Å². The fraction of sp³-hybridized carbons (Fsp3) is 0.207. The van der Waals surface area contributed by atoms with Crippen molar-refractivity contribution in [3.63, 3.8) is 0 Å². The van der Waals surface area contributed by atoms with Crippen LogP contribution in [0, 0.1) is 13.8 Å². The van der Waals surface area contributed by atoms with Crippen molar-refractivity contribution in [2.45, 2.75) is 25.9 Å². The number of aryl methyl sites for hydroxylation is 1. The van der Waals surface area contributed by atoms with Crippen LogP contribution in [0.2, 0.25) is 0 Å². The lowest BCUT2D eigenvalue weighted by Crippen LogP contribution is -2.29. The van der Waals surface area contributed by atoms with Crippen LogP contribution in [0.25, 0.3) is 5.69 Å². The van der Waals surface area contributed by atoms with Gasteiger partial charge in [-0.05, 0) is 86.2 Å². The Labute approximate surface area is 243 Å². The molecule has 0 saturated carbocycles. The third-order valence-corrected chi connectivity index (χ3v) is 7.92. The van der Waals surface area contributed by atoms with Gasteiger partial charge in [0, 0.05) is 35.0 Å². The Hall–Kier alpha value is -4.42. The molecule has 3 heterocycles. The van der Waals surface area contributed by atoms with Gasteiger partial charge in [0.15, 0.2) is 5.11 Å². The maximum atomic E-state index is 11.9. The van der Waals surface area contributed by atoms with E-state index >= 15 is 0 Å². The lowest BCUT2D eigenvalue weighted by atomic mass is 9.96. The number of aromatic carboxylic acids is 1. The van der Waals surface area contributed by atoms with Crippen molar-refractivity contribution >= 4 is 44.7 Å². The molecule has 41 heavy (non-hydrogen) atoms. The van der Waals surface area contributed by atoms with Gasteiger partial charge in [-0.3, -0.25) is 9.71 Å². The maximum Gasteiger partial charge on any atom is 0.335 e.